The van der Waals surface area contributed by atoms with Gasteiger partial charge in [-0.1, -0.05) is 28.1 Å². The van der Waals surface area contributed by atoms with Crippen molar-refractivity contribution in [2.45, 2.75) is 6.42 Å². The second kappa shape index (κ2) is 7.10. The van der Waals surface area contributed by atoms with E-state index in [0.717, 1.165) is 21.6 Å². The van der Waals surface area contributed by atoms with Crippen molar-refractivity contribution in [3.8, 4) is 11.3 Å². The van der Waals surface area contributed by atoms with Gasteiger partial charge in [-0.15, -0.1) is 0 Å². The lowest BCUT2D eigenvalue weighted by Crippen LogP contribution is -2.26. The fraction of sp³-hybridized carbons (Fsp3) is 0.200. The van der Waals surface area contributed by atoms with E-state index in [-0.39, 0.29) is 5.91 Å². The third-order valence-corrected chi connectivity index (χ3v) is 4.46. The summed E-state index contributed by atoms with van der Waals surface area (Å²) in [6, 6.07) is 9.47. The van der Waals surface area contributed by atoms with E-state index in [2.05, 4.69) is 41.6 Å². The first-order valence-electron chi connectivity index (χ1n) is 7.24. The summed E-state index contributed by atoms with van der Waals surface area (Å²) >= 11 is 8.44. The van der Waals surface area contributed by atoms with E-state index in [1.807, 2.05) is 31.3 Å². The molecular weight excluding hydrogens is 392 g/mol. The Morgan fingerprint density at radius 2 is 2.04 bits per heavy atom. The molecule has 0 saturated carbocycles. The van der Waals surface area contributed by atoms with Crippen molar-refractivity contribution in [1.82, 2.24) is 30.3 Å². The van der Waals surface area contributed by atoms with E-state index in [4.69, 9.17) is 12.2 Å². The van der Waals surface area contributed by atoms with Crippen LogP contribution in [0.2, 0.25) is 0 Å². The molecule has 3 aromatic rings. The molecular formula is C15H15BrN6OS. The average molecular weight is 407 g/mol. The number of carbonyl (C=O) groups excluding carboxylic acids is 1. The smallest absolute Gasteiger partial charge is 0.269 e. The zero-order valence-electron chi connectivity index (χ0n) is 12.8. The van der Waals surface area contributed by atoms with Gasteiger partial charge in [-0.05, 0) is 30.4 Å². The molecule has 0 bridgehead atoms. The van der Waals surface area contributed by atoms with Crippen LogP contribution < -0.4 is 5.32 Å². The second-order valence-electron chi connectivity index (χ2n) is 5.18. The van der Waals surface area contributed by atoms with E-state index in [9.17, 15) is 4.79 Å². The number of hydrogen-bond donors (Lipinski definition) is 3. The van der Waals surface area contributed by atoms with Crippen molar-refractivity contribution in [2.24, 2.45) is 7.05 Å². The first-order chi connectivity index (χ1) is 11.5. The van der Waals surface area contributed by atoms with Crippen LogP contribution in [0.4, 0.5) is 0 Å². The molecule has 1 amide bonds. The molecule has 9 heteroatoms. The molecule has 0 aliphatic heterocycles. The zero-order chi connectivity index (χ0) is 17.1. The number of carbonyl (C=O) groups is 1. The standard InChI is InChI=1S/C15H15BrN6OS/c1-22-13(20-21-15(22)24)6-7-17-14(23)12-8-11(18-19-12)9-2-4-10(16)5-3-9/h2-5,8H,6-7H2,1H3,(H,17,23)(H,18,19)(H,21,24). The van der Waals surface area contributed by atoms with Gasteiger partial charge in [0, 0.05) is 30.0 Å². The van der Waals surface area contributed by atoms with Crippen LogP contribution in [0.25, 0.3) is 11.3 Å². The molecule has 7 nitrogen and oxygen atoms in total. The molecule has 0 aliphatic rings. The number of H-pyrrole nitrogens is 2. The number of aromatic amines is 2. The summed E-state index contributed by atoms with van der Waals surface area (Å²) in [6.45, 7) is 0.457. The normalized spacial score (nSPS) is 10.8. The lowest BCUT2D eigenvalue weighted by atomic mass is 10.1. The summed E-state index contributed by atoms with van der Waals surface area (Å²) in [6.07, 6.45) is 0.586. The monoisotopic (exact) mass is 406 g/mol. The van der Waals surface area contributed by atoms with E-state index >= 15 is 0 Å². The summed E-state index contributed by atoms with van der Waals surface area (Å²) in [4.78, 5) is 12.2. The molecule has 124 valence electrons. The van der Waals surface area contributed by atoms with Gasteiger partial charge >= 0.3 is 0 Å². The average Bonchev–Trinajstić information content (AvgIpc) is 3.18. The lowest BCUT2D eigenvalue weighted by Gasteiger charge is -2.03. The van der Waals surface area contributed by atoms with E-state index in [0.29, 0.717) is 23.4 Å². The maximum atomic E-state index is 12.2. The number of rotatable bonds is 5. The first-order valence-corrected chi connectivity index (χ1v) is 8.44. The van der Waals surface area contributed by atoms with Crippen LogP contribution in [0.3, 0.4) is 0 Å². The Labute approximate surface area is 151 Å². The number of benzene rings is 1. The summed E-state index contributed by atoms with van der Waals surface area (Å²) in [7, 11) is 1.84. The third-order valence-electron chi connectivity index (χ3n) is 3.57. The van der Waals surface area contributed by atoms with Gasteiger partial charge in [0.05, 0.1) is 5.69 Å². The van der Waals surface area contributed by atoms with Crippen molar-refractivity contribution in [1.29, 1.82) is 0 Å². The number of nitrogens with one attached hydrogen (secondary N) is 3. The first kappa shape index (κ1) is 16.6. The van der Waals surface area contributed by atoms with Gasteiger partial charge in [0.15, 0.2) is 4.77 Å². The summed E-state index contributed by atoms with van der Waals surface area (Å²) < 4.78 is 3.33. The van der Waals surface area contributed by atoms with Gasteiger partial charge in [-0.2, -0.15) is 10.2 Å². The number of halogens is 1. The Morgan fingerprint density at radius 3 is 2.71 bits per heavy atom. The Kier molecular flexibility index (Phi) is 4.91. The predicted molar refractivity (Wildman–Crippen MR) is 96.2 cm³/mol. The maximum absolute atomic E-state index is 12.2. The lowest BCUT2D eigenvalue weighted by molar-refractivity contribution is 0.0949. The van der Waals surface area contributed by atoms with Crippen molar-refractivity contribution in [3.05, 3.63) is 51.1 Å². The minimum Gasteiger partial charge on any atom is -0.350 e. The molecule has 0 aliphatic carbocycles. The van der Waals surface area contributed by atoms with Crippen molar-refractivity contribution >= 4 is 34.1 Å². The quantitative estimate of drug-likeness (QED) is 0.567. The highest BCUT2D eigenvalue weighted by atomic mass is 79.9. The van der Waals surface area contributed by atoms with E-state index in [1.165, 1.54) is 0 Å². The van der Waals surface area contributed by atoms with Crippen LogP contribution in [0.1, 0.15) is 16.3 Å². The van der Waals surface area contributed by atoms with Crippen molar-refractivity contribution in [3.63, 3.8) is 0 Å². The molecule has 2 heterocycles. The van der Waals surface area contributed by atoms with Crippen LogP contribution in [-0.4, -0.2) is 37.4 Å². The maximum Gasteiger partial charge on any atom is 0.269 e. The fourth-order valence-corrected chi connectivity index (χ4v) is 2.61. The predicted octanol–water partition coefficient (Wildman–Crippen LogP) is 2.60. The molecule has 0 spiro atoms. The van der Waals surface area contributed by atoms with Gasteiger partial charge in [-0.3, -0.25) is 15.0 Å². The van der Waals surface area contributed by atoms with Gasteiger partial charge in [-0.25, -0.2) is 0 Å². The highest BCUT2D eigenvalue weighted by molar-refractivity contribution is 9.10. The van der Waals surface area contributed by atoms with Crippen LogP contribution in [-0.2, 0) is 13.5 Å². The Bertz CT molecular complexity index is 911. The molecule has 2 aromatic heterocycles. The number of amides is 1. The number of nitrogens with zero attached hydrogens (tertiary/aromatic N) is 3. The Hall–Kier alpha value is -2.26. The number of hydrogen-bond acceptors (Lipinski definition) is 4. The topological polar surface area (TPSA) is 91.4 Å². The van der Waals surface area contributed by atoms with E-state index in [1.54, 1.807) is 10.6 Å². The minimum absolute atomic E-state index is 0.206. The van der Waals surface area contributed by atoms with Gasteiger partial charge < -0.3 is 9.88 Å². The molecule has 0 radical (unpaired) electrons. The molecule has 0 unspecified atom stereocenters. The Balaban J connectivity index is 1.60. The SMILES string of the molecule is Cn1c(CCNC(=O)c2cc(-c3ccc(Br)cc3)n[nH]2)n[nH]c1=S. The molecule has 3 rings (SSSR count). The van der Waals surface area contributed by atoms with Crippen LogP contribution in [0, 0.1) is 4.77 Å². The van der Waals surface area contributed by atoms with Crippen molar-refractivity contribution < 1.29 is 4.79 Å². The van der Waals surface area contributed by atoms with Crippen LogP contribution >= 0.6 is 28.1 Å². The second-order valence-corrected chi connectivity index (χ2v) is 6.49. The molecule has 0 fully saturated rings. The third kappa shape index (κ3) is 3.62. The zero-order valence-corrected chi connectivity index (χ0v) is 15.2. The van der Waals surface area contributed by atoms with Gasteiger partial charge in [0.25, 0.3) is 5.91 Å². The summed E-state index contributed by atoms with van der Waals surface area (Å²) in [5.41, 5.74) is 2.08. The summed E-state index contributed by atoms with van der Waals surface area (Å²) in [5.74, 6) is 0.586. The summed E-state index contributed by atoms with van der Waals surface area (Å²) in [5, 5.41) is 16.6. The molecule has 0 saturated heterocycles. The highest BCUT2D eigenvalue weighted by Crippen LogP contribution is 2.20. The Morgan fingerprint density at radius 1 is 1.29 bits per heavy atom. The van der Waals surface area contributed by atoms with Gasteiger partial charge in [0.2, 0.25) is 0 Å². The van der Waals surface area contributed by atoms with E-state index < -0.39 is 0 Å². The molecule has 1 aromatic carbocycles. The van der Waals surface area contributed by atoms with Gasteiger partial charge in [0.1, 0.15) is 11.5 Å². The largest absolute Gasteiger partial charge is 0.350 e. The molecule has 0 atom stereocenters. The molecule has 24 heavy (non-hydrogen) atoms. The number of aromatic nitrogens is 5. The fourth-order valence-electron chi connectivity index (χ4n) is 2.19. The van der Waals surface area contributed by atoms with Crippen molar-refractivity contribution in [2.75, 3.05) is 6.54 Å². The highest BCUT2D eigenvalue weighted by Gasteiger charge is 2.11. The molecule has 3 N–H and O–H groups in total. The van der Waals surface area contributed by atoms with Crippen LogP contribution in [0.5, 0.6) is 0 Å². The van der Waals surface area contributed by atoms with Crippen LogP contribution in [0.15, 0.2) is 34.8 Å². The minimum atomic E-state index is -0.206.